The highest BCUT2D eigenvalue weighted by molar-refractivity contribution is 7.09. The summed E-state index contributed by atoms with van der Waals surface area (Å²) in [5, 5.41) is 2.02. The van der Waals surface area contributed by atoms with Crippen LogP contribution >= 0.6 is 22.9 Å². The first-order valence-corrected chi connectivity index (χ1v) is 8.71. The molecule has 2 nitrogen and oxygen atoms in total. The molecule has 4 saturated carbocycles. The van der Waals surface area contributed by atoms with Crippen LogP contribution in [0.3, 0.4) is 0 Å². The van der Waals surface area contributed by atoms with E-state index in [1.54, 1.807) is 11.3 Å². The predicted molar refractivity (Wildman–Crippen MR) is 79.8 cm³/mol. The average Bonchev–Trinajstić information content (AvgIpc) is 2.85. The smallest absolute Gasteiger partial charge is 0.312 e. The summed E-state index contributed by atoms with van der Waals surface area (Å²) in [4.78, 5) is 13.7. The Hall–Kier alpha value is -0.540. The van der Waals surface area contributed by atoms with Gasteiger partial charge in [0.1, 0.15) is 6.61 Å². The molecule has 108 valence electrons. The van der Waals surface area contributed by atoms with Crippen LogP contribution in [-0.2, 0) is 16.1 Å². The molecule has 0 N–H and O–H groups in total. The zero-order valence-electron chi connectivity index (χ0n) is 11.4. The molecule has 0 unspecified atom stereocenters. The topological polar surface area (TPSA) is 26.3 Å². The zero-order valence-corrected chi connectivity index (χ0v) is 13.0. The zero-order chi connectivity index (χ0) is 13.8. The summed E-state index contributed by atoms with van der Waals surface area (Å²) in [5.74, 6) is 1.29. The van der Waals surface area contributed by atoms with Crippen LogP contribution in [0.25, 0.3) is 0 Å². The Bertz CT molecular complexity index is 511. The van der Waals surface area contributed by atoms with E-state index in [4.69, 9.17) is 16.3 Å². The van der Waals surface area contributed by atoms with Crippen LogP contribution in [0.1, 0.15) is 43.4 Å². The Morgan fingerprint density at radius 3 is 2.70 bits per heavy atom. The van der Waals surface area contributed by atoms with Gasteiger partial charge in [-0.3, -0.25) is 4.79 Å². The normalized spacial score (nSPS) is 41.9. The van der Waals surface area contributed by atoms with E-state index in [-0.39, 0.29) is 16.3 Å². The highest BCUT2D eigenvalue weighted by Crippen LogP contribution is 2.64. The summed E-state index contributed by atoms with van der Waals surface area (Å²) in [6.07, 6.45) is 6.31. The van der Waals surface area contributed by atoms with E-state index in [9.17, 15) is 4.79 Å². The number of ether oxygens (including phenoxy) is 1. The monoisotopic (exact) mass is 310 g/mol. The number of carbonyl (C=O) groups is 1. The van der Waals surface area contributed by atoms with Gasteiger partial charge >= 0.3 is 5.97 Å². The Labute approximate surface area is 128 Å². The first-order chi connectivity index (χ1) is 9.57. The molecule has 4 fully saturated rings. The van der Waals surface area contributed by atoms with E-state index in [1.807, 2.05) is 17.5 Å². The summed E-state index contributed by atoms with van der Waals surface area (Å²) < 4.78 is 5.63. The molecule has 0 spiro atoms. The third kappa shape index (κ3) is 2.10. The van der Waals surface area contributed by atoms with Crippen molar-refractivity contribution >= 4 is 28.9 Å². The lowest BCUT2D eigenvalue weighted by Crippen LogP contribution is -2.56. The van der Waals surface area contributed by atoms with Crippen LogP contribution in [-0.4, -0.2) is 10.8 Å². The van der Waals surface area contributed by atoms with E-state index in [0.717, 1.165) is 37.0 Å². The van der Waals surface area contributed by atoms with Crippen LogP contribution in [0, 0.1) is 17.3 Å². The van der Waals surface area contributed by atoms with Crippen molar-refractivity contribution in [3.8, 4) is 0 Å². The van der Waals surface area contributed by atoms with E-state index < -0.39 is 0 Å². The van der Waals surface area contributed by atoms with E-state index in [1.165, 1.54) is 6.42 Å². The molecule has 4 aliphatic carbocycles. The molecular formula is C16H19ClO2S. The number of rotatable bonds is 3. The molecule has 0 saturated heterocycles. The van der Waals surface area contributed by atoms with E-state index in [0.29, 0.717) is 18.4 Å². The van der Waals surface area contributed by atoms with Crippen molar-refractivity contribution in [1.82, 2.24) is 0 Å². The van der Waals surface area contributed by atoms with Gasteiger partial charge in [-0.1, -0.05) is 6.07 Å². The standard InChI is InChI=1S/C16H19ClO2S/c17-16-7-11-4-12(8-16)6-15(5-11,10-16)14(18)19-9-13-2-1-3-20-13/h1-3,11-12H,4-10H2/t11-,12-,15?,16?/m0/s1. The van der Waals surface area contributed by atoms with Crippen LogP contribution in [0.15, 0.2) is 17.5 Å². The maximum atomic E-state index is 12.7. The third-order valence-electron chi connectivity index (χ3n) is 5.35. The van der Waals surface area contributed by atoms with Crippen molar-refractivity contribution in [3.63, 3.8) is 0 Å². The minimum atomic E-state index is -0.275. The van der Waals surface area contributed by atoms with Gasteiger partial charge in [0.05, 0.1) is 5.41 Å². The summed E-state index contributed by atoms with van der Waals surface area (Å²) in [5.41, 5.74) is -0.275. The molecule has 4 aliphatic rings. The Morgan fingerprint density at radius 1 is 1.35 bits per heavy atom. The lowest BCUT2D eigenvalue weighted by atomic mass is 9.49. The molecule has 1 aromatic rings. The quantitative estimate of drug-likeness (QED) is 0.612. The van der Waals surface area contributed by atoms with Gasteiger partial charge in [0.15, 0.2) is 0 Å². The summed E-state index contributed by atoms with van der Waals surface area (Å²) >= 11 is 8.40. The van der Waals surface area contributed by atoms with Gasteiger partial charge in [0.2, 0.25) is 0 Å². The highest BCUT2D eigenvalue weighted by Gasteiger charge is 2.60. The minimum absolute atomic E-state index is 0.00465. The van der Waals surface area contributed by atoms with Gasteiger partial charge in [-0.15, -0.1) is 22.9 Å². The lowest BCUT2D eigenvalue weighted by Gasteiger charge is -2.58. The molecule has 0 aromatic carbocycles. The fourth-order valence-electron chi connectivity index (χ4n) is 5.07. The van der Waals surface area contributed by atoms with Crippen LogP contribution < -0.4 is 0 Å². The van der Waals surface area contributed by atoms with Crippen LogP contribution in [0.2, 0.25) is 0 Å². The Morgan fingerprint density at radius 2 is 2.10 bits per heavy atom. The second-order valence-corrected chi connectivity index (χ2v) is 8.88. The number of thiophene rings is 1. The first-order valence-electron chi connectivity index (χ1n) is 7.46. The van der Waals surface area contributed by atoms with Gasteiger partial charge in [-0.05, 0) is 61.8 Å². The molecule has 20 heavy (non-hydrogen) atoms. The first kappa shape index (κ1) is 13.1. The molecular weight excluding hydrogens is 292 g/mol. The van der Waals surface area contributed by atoms with Crippen molar-refractivity contribution in [2.45, 2.75) is 50.0 Å². The second-order valence-electron chi connectivity index (χ2n) is 7.05. The van der Waals surface area contributed by atoms with Gasteiger partial charge in [0, 0.05) is 9.75 Å². The highest BCUT2D eigenvalue weighted by atomic mass is 35.5. The molecule has 4 heteroatoms. The van der Waals surface area contributed by atoms with Gasteiger partial charge in [0.25, 0.3) is 0 Å². The third-order valence-corrected chi connectivity index (χ3v) is 6.64. The maximum Gasteiger partial charge on any atom is 0.312 e. The fraction of sp³-hybridized carbons (Fsp3) is 0.688. The lowest BCUT2D eigenvalue weighted by molar-refractivity contribution is -0.171. The number of halogens is 1. The van der Waals surface area contributed by atoms with Crippen molar-refractivity contribution in [1.29, 1.82) is 0 Å². The summed E-state index contributed by atoms with van der Waals surface area (Å²) in [6.45, 7) is 0.420. The van der Waals surface area contributed by atoms with Crippen molar-refractivity contribution < 1.29 is 9.53 Å². The maximum absolute atomic E-state index is 12.7. The molecule has 0 amide bonds. The number of hydrogen-bond donors (Lipinski definition) is 0. The van der Waals surface area contributed by atoms with Crippen molar-refractivity contribution in [2.24, 2.45) is 17.3 Å². The minimum Gasteiger partial charge on any atom is -0.460 e. The molecule has 1 aromatic heterocycles. The molecule has 0 radical (unpaired) electrons. The second kappa shape index (κ2) is 4.48. The number of alkyl halides is 1. The van der Waals surface area contributed by atoms with Crippen molar-refractivity contribution in [2.75, 3.05) is 0 Å². The van der Waals surface area contributed by atoms with Gasteiger partial charge < -0.3 is 4.74 Å². The number of carbonyl (C=O) groups excluding carboxylic acids is 1. The molecule has 1 heterocycles. The summed E-state index contributed by atoms with van der Waals surface area (Å²) in [6, 6.07) is 4.01. The predicted octanol–water partition coefficient (Wildman–Crippen LogP) is 4.37. The number of hydrogen-bond acceptors (Lipinski definition) is 3. The largest absolute Gasteiger partial charge is 0.460 e. The Balaban J connectivity index is 1.51. The molecule has 0 aliphatic heterocycles. The van der Waals surface area contributed by atoms with E-state index >= 15 is 0 Å². The molecule has 5 rings (SSSR count). The average molecular weight is 311 g/mol. The molecule has 4 bridgehead atoms. The van der Waals surface area contributed by atoms with Crippen LogP contribution in [0.4, 0.5) is 0 Å². The molecule has 2 atom stereocenters. The Kier molecular flexibility index (Phi) is 2.94. The fourth-order valence-corrected chi connectivity index (χ4v) is 6.38. The SMILES string of the molecule is O=C(OCc1cccs1)C12C[C@@H]3C[C@H](CC(Cl)(C3)C1)C2. The number of esters is 1. The van der Waals surface area contributed by atoms with E-state index in [2.05, 4.69) is 0 Å². The van der Waals surface area contributed by atoms with Crippen molar-refractivity contribution in [3.05, 3.63) is 22.4 Å². The van der Waals surface area contributed by atoms with Gasteiger partial charge in [-0.25, -0.2) is 0 Å². The van der Waals surface area contributed by atoms with Gasteiger partial charge in [-0.2, -0.15) is 0 Å². The van der Waals surface area contributed by atoms with Crippen LogP contribution in [0.5, 0.6) is 0 Å². The summed E-state index contributed by atoms with van der Waals surface area (Å²) in [7, 11) is 0.